The molecule has 0 bridgehead atoms. The molecule has 0 saturated heterocycles. The molecule has 3 rings (SSSR count). The minimum Gasteiger partial charge on any atom is -0.352 e. The number of carbonyl (C=O) groups excluding carboxylic acids is 1. The van der Waals surface area contributed by atoms with E-state index in [0.29, 0.717) is 11.6 Å². The van der Waals surface area contributed by atoms with E-state index in [0.717, 1.165) is 26.9 Å². The summed E-state index contributed by atoms with van der Waals surface area (Å²) in [5.74, 6) is 0.793. The Kier molecular flexibility index (Phi) is 4.92. The van der Waals surface area contributed by atoms with Gasteiger partial charge in [0.15, 0.2) is 0 Å². The van der Waals surface area contributed by atoms with Crippen LogP contribution in [-0.4, -0.2) is 21.5 Å². The summed E-state index contributed by atoms with van der Waals surface area (Å²) in [5.41, 5.74) is 2.87. The van der Waals surface area contributed by atoms with Gasteiger partial charge in [0, 0.05) is 34.6 Å². The van der Waals surface area contributed by atoms with Crippen LogP contribution in [0.5, 0.6) is 0 Å². The van der Waals surface area contributed by atoms with Crippen LogP contribution in [0.2, 0.25) is 5.02 Å². The number of rotatable bonds is 4. The van der Waals surface area contributed by atoms with Crippen LogP contribution in [0.15, 0.2) is 46.9 Å². The molecule has 0 spiro atoms. The van der Waals surface area contributed by atoms with E-state index in [2.05, 4.69) is 25.8 Å². The molecule has 0 aliphatic carbocycles. The van der Waals surface area contributed by atoms with Crippen LogP contribution in [0.1, 0.15) is 13.8 Å². The van der Waals surface area contributed by atoms with Gasteiger partial charge in [0.2, 0.25) is 5.91 Å². The lowest BCUT2D eigenvalue weighted by molar-refractivity contribution is -0.119. The van der Waals surface area contributed by atoms with Crippen molar-refractivity contribution in [1.82, 2.24) is 14.9 Å². The number of imidazole rings is 1. The zero-order chi connectivity index (χ0) is 17.3. The van der Waals surface area contributed by atoms with Crippen molar-refractivity contribution in [3.05, 3.63) is 52.0 Å². The van der Waals surface area contributed by atoms with E-state index >= 15 is 0 Å². The molecule has 1 atom stereocenters. The Morgan fingerprint density at radius 3 is 2.83 bits per heavy atom. The molecule has 0 radical (unpaired) electrons. The van der Waals surface area contributed by atoms with Gasteiger partial charge in [-0.3, -0.25) is 4.79 Å². The molecule has 1 amide bonds. The minimum absolute atomic E-state index is 0.0125. The number of hydrogen-bond donors (Lipinski definition) is 1. The van der Waals surface area contributed by atoms with Gasteiger partial charge in [-0.05, 0) is 37.3 Å². The first kappa shape index (κ1) is 17.0. The van der Waals surface area contributed by atoms with Crippen LogP contribution < -0.4 is 5.32 Å². The van der Waals surface area contributed by atoms with E-state index in [9.17, 15) is 4.79 Å². The number of carbonyl (C=O) groups is 1. The SMILES string of the molecule is CC(=O)NC(C)Cn1c(-c2cccc(Cl)c2)nc2cc(Br)ccc21. The van der Waals surface area contributed by atoms with Gasteiger partial charge in [-0.1, -0.05) is 39.7 Å². The highest BCUT2D eigenvalue weighted by Gasteiger charge is 2.16. The second-order valence-corrected chi connectivity index (χ2v) is 7.14. The van der Waals surface area contributed by atoms with Gasteiger partial charge in [-0.25, -0.2) is 4.98 Å². The summed E-state index contributed by atoms with van der Waals surface area (Å²) < 4.78 is 3.10. The van der Waals surface area contributed by atoms with Crippen molar-refractivity contribution < 1.29 is 4.79 Å². The summed E-state index contributed by atoms with van der Waals surface area (Å²) in [4.78, 5) is 16.1. The van der Waals surface area contributed by atoms with Crippen LogP contribution >= 0.6 is 27.5 Å². The Morgan fingerprint density at radius 2 is 2.12 bits per heavy atom. The van der Waals surface area contributed by atoms with Crippen molar-refractivity contribution in [2.24, 2.45) is 0 Å². The molecule has 1 unspecified atom stereocenters. The van der Waals surface area contributed by atoms with E-state index in [1.165, 1.54) is 6.92 Å². The minimum atomic E-state index is -0.0426. The van der Waals surface area contributed by atoms with Gasteiger partial charge in [-0.15, -0.1) is 0 Å². The van der Waals surface area contributed by atoms with Crippen molar-refractivity contribution >= 4 is 44.5 Å². The van der Waals surface area contributed by atoms with E-state index < -0.39 is 0 Å². The molecule has 1 aromatic heterocycles. The standard InChI is InChI=1S/C18H17BrClN3O/c1-11(21-12(2)24)10-23-17-7-6-14(19)9-16(17)22-18(23)13-4-3-5-15(20)8-13/h3-9,11H,10H2,1-2H3,(H,21,24). The fraction of sp³-hybridized carbons (Fsp3) is 0.222. The molecule has 3 aromatic rings. The lowest BCUT2D eigenvalue weighted by Crippen LogP contribution is -2.34. The normalized spacial score (nSPS) is 12.3. The van der Waals surface area contributed by atoms with E-state index in [1.54, 1.807) is 0 Å². The number of aromatic nitrogens is 2. The lowest BCUT2D eigenvalue weighted by Gasteiger charge is -2.16. The molecule has 2 aromatic carbocycles. The van der Waals surface area contributed by atoms with E-state index in [4.69, 9.17) is 16.6 Å². The van der Waals surface area contributed by atoms with Gasteiger partial charge in [0.05, 0.1) is 11.0 Å². The number of hydrogen-bond acceptors (Lipinski definition) is 2. The largest absolute Gasteiger partial charge is 0.352 e. The molecule has 0 fully saturated rings. The van der Waals surface area contributed by atoms with Crippen LogP contribution in [0.25, 0.3) is 22.4 Å². The number of amides is 1. The number of halogens is 2. The highest BCUT2D eigenvalue weighted by Crippen LogP contribution is 2.28. The first-order chi connectivity index (χ1) is 11.4. The topological polar surface area (TPSA) is 46.9 Å². The molecule has 1 N–H and O–H groups in total. The maximum atomic E-state index is 11.3. The number of benzene rings is 2. The second kappa shape index (κ2) is 6.95. The Hall–Kier alpha value is -1.85. The Balaban J connectivity index is 2.12. The number of nitrogens with zero attached hydrogens (tertiary/aromatic N) is 2. The van der Waals surface area contributed by atoms with Gasteiger partial charge < -0.3 is 9.88 Å². The third kappa shape index (κ3) is 3.62. The molecule has 124 valence electrons. The van der Waals surface area contributed by atoms with Crippen molar-refractivity contribution in [1.29, 1.82) is 0 Å². The van der Waals surface area contributed by atoms with Gasteiger partial charge in [0.25, 0.3) is 0 Å². The smallest absolute Gasteiger partial charge is 0.217 e. The van der Waals surface area contributed by atoms with Gasteiger partial charge >= 0.3 is 0 Å². The van der Waals surface area contributed by atoms with Crippen LogP contribution in [0, 0.1) is 0 Å². The zero-order valence-corrected chi connectivity index (χ0v) is 15.7. The molecule has 0 saturated carbocycles. The summed E-state index contributed by atoms with van der Waals surface area (Å²) in [5, 5.41) is 3.59. The van der Waals surface area contributed by atoms with E-state index in [-0.39, 0.29) is 11.9 Å². The van der Waals surface area contributed by atoms with Crippen molar-refractivity contribution in [3.63, 3.8) is 0 Å². The molecule has 0 aliphatic rings. The zero-order valence-electron chi connectivity index (χ0n) is 13.4. The molecule has 1 heterocycles. The Labute approximate surface area is 154 Å². The summed E-state index contributed by atoms with van der Waals surface area (Å²) in [6, 6.07) is 13.6. The van der Waals surface area contributed by atoms with Crippen LogP contribution in [0.4, 0.5) is 0 Å². The van der Waals surface area contributed by atoms with E-state index in [1.807, 2.05) is 49.4 Å². The third-order valence-electron chi connectivity index (χ3n) is 3.70. The first-order valence-corrected chi connectivity index (χ1v) is 8.80. The van der Waals surface area contributed by atoms with Crippen molar-refractivity contribution in [2.75, 3.05) is 0 Å². The number of nitrogens with one attached hydrogen (secondary N) is 1. The average Bonchev–Trinajstić information content (AvgIpc) is 2.84. The first-order valence-electron chi connectivity index (χ1n) is 7.63. The van der Waals surface area contributed by atoms with Crippen LogP contribution in [0.3, 0.4) is 0 Å². The third-order valence-corrected chi connectivity index (χ3v) is 4.43. The maximum absolute atomic E-state index is 11.3. The summed E-state index contributed by atoms with van der Waals surface area (Å²) in [6.07, 6.45) is 0. The predicted octanol–water partition coefficient (Wildman–Crippen LogP) is 4.64. The molecular formula is C18H17BrClN3O. The second-order valence-electron chi connectivity index (χ2n) is 5.79. The molecule has 24 heavy (non-hydrogen) atoms. The highest BCUT2D eigenvalue weighted by atomic mass is 79.9. The van der Waals surface area contributed by atoms with Crippen molar-refractivity contribution in [2.45, 2.75) is 26.4 Å². The molecular weight excluding hydrogens is 390 g/mol. The van der Waals surface area contributed by atoms with Gasteiger partial charge in [0.1, 0.15) is 5.82 Å². The van der Waals surface area contributed by atoms with Crippen molar-refractivity contribution in [3.8, 4) is 11.4 Å². The lowest BCUT2D eigenvalue weighted by atomic mass is 10.2. The molecule has 6 heteroatoms. The maximum Gasteiger partial charge on any atom is 0.217 e. The Morgan fingerprint density at radius 1 is 1.33 bits per heavy atom. The monoisotopic (exact) mass is 405 g/mol. The van der Waals surface area contributed by atoms with Crippen LogP contribution in [-0.2, 0) is 11.3 Å². The fourth-order valence-electron chi connectivity index (χ4n) is 2.80. The average molecular weight is 407 g/mol. The summed E-state index contributed by atoms with van der Waals surface area (Å²) >= 11 is 9.63. The predicted molar refractivity (Wildman–Crippen MR) is 101 cm³/mol. The number of fused-ring (bicyclic) bond motifs is 1. The van der Waals surface area contributed by atoms with Gasteiger partial charge in [-0.2, -0.15) is 0 Å². The summed E-state index contributed by atoms with van der Waals surface area (Å²) in [6.45, 7) is 4.13. The highest BCUT2D eigenvalue weighted by molar-refractivity contribution is 9.10. The quantitative estimate of drug-likeness (QED) is 0.686. The summed E-state index contributed by atoms with van der Waals surface area (Å²) in [7, 11) is 0. The molecule has 0 aliphatic heterocycles. The Bertz CT molecular complexity index is 906. The molecule has 4 nitrogen and oxygen atoms in total. The fourth-order valence-corrected chi connectivity index (χ4v) is 3.34.